The van der Waals surface area contributed by atoms with Crippen molar-refractivity contribution in [2.24, 2.45) is 5.41 Å². The minimum absolute atomic E-state index is 0.0649. The molecule has 19 heavy (non-hydrogen) atoms. The van der Waals surface area contributed by atoms with Crippen LogP contribution in [0.1, 0.15) is 5.82 Å². The summed E-state index contributed by atoms with van der Waals surface area (Å²) >= 11 is 3.31. The zero-order chi connectivity index (χ0) is 13.1. The van der Waals surface area contributed by atoms with Crippen molar-refractivity contribution in [1.29, 1.82) is 0 Å². The number of nitrogens with zero attached hydrogens (tertiary/aromatic N) is 2. The van der Waals surface area contributed by atoms with Gasteiger partial charge in [-0.2, -0.15) is 28.1 Å². The molecule has 1 fully saturated rings. The van der Waals surface area contributed by atoms with Gasteiger partial charge in [-0.15, -0.1) is 0 Å². The largest absolute Gasteiger partial charge is 0.396 e. The highest BCUT2D eigenvalue weighted by Crippen LogP contribution is 2.32. The first-order valence-electron chi connectivity index (χ1n) is 5.93. The summed E-state index contributed by atoms with van der Waals surface area (Å²) in [6.07, 6.45) is 0. The summed E-state index contributed by atoms with van der Waals surface area (Å²) in [6.45, 7) is 1.46. The van der Waals surface area contributed by atoms with Gasteiger partial charge < -0.3 is 14.4 Å². The second-order valence-electron chi connectivity index (χ2n) is 4.67. The fourth-order valence-electron chi connectivity index (χ4n) is 1.79. The molecule has 102 valence electrons. The molecule has 0 saturated carbocycles. The van der Waals surface area contributed by atoms with E-state index in [1.54, 1.807) is 23.1 Å². The lowest BCUT2D eigenvalue weighted by atomic mass is 9.90. The van der Waals surface area contributed by atoms with Gasteiger partial charge in [0.1, 0.15) is 0 Å². The quantitative estimate of drug-likeness (QED) is 0.880. The normalized spacial score (nSPS) is 17.3. The average molecular weight is 298 g/mol. The van der Waals surface area contributed by atoms with Crippen molar-refractivity contribution in [1.82, 2.24) is 10.1 Å². The fourth-order valence-corrected chi connectivity index (χ4v) is 3.51. The standard InChI is InChI=1S/C12H14N2O3S2/c15-5-12(6-16-7-12)8-19-4-10-13-11(17-14-10)9-1-2-18-3-9/h1-3,15H,4-8H2. The summed E-state index contributed by atoms with van der Waals surface area (Å²) in [7, 11) is 0. The number of thioether (sulfide) groups is 1. The van der Waals surface area contributed by atoms with E-state index in [2.05, 4.69) is 10.1 Å². The Kier molecular flexibility index (Phi) is 3.88. The van der Waals surface area contributed by atoms with Gasteiger partial charge in [0.2, 0.25) is 0 Å². The Morgan fingerprint density at radius 2 is 2.37 bits per heavy atom. The number of hydrogen-bond donors (Lipinski definition) is 1. The summed E-state index contributed by atoms with van der Waals surface area (Å²) < 4.78 is 10.4. The molecule has 0 amide bonds. The molecule has 0 aromatic carbocycles. The van der Waals surface area contributed by atoms with Gasteiger partial charge in [0.25, 0.3) is 5.89 Å². The van der Waals surface area contributed by atoms with Crippen molar-refractivity contribution in [3.63, 3.8) is 0 Å². The highest BCUT2D eigenvalue weighted by atomic mass is 32.2. The van der Waals surface area contributed by atoms with Crippen molar-refractivity contribution in [3.05, 3.63) is 22.7 Å². The Labute approximate surface area is 119 Å². The highest BCUT2D eigenvalue weighted by Gasteiger charge is 2.37. The van der Waals surface area contributed by atoms with Gasteiger partial charge in [0, 0.05) is 16.5 Å². The van der Waals surface area contributed by atoms with Gasteiger partial charge in [-0.05, 0) is 11.4 Å². The molecule has 0 unspecified atom stereocenters. The van der Waals surface area contributed by atoms with Crippen LogP contribution in [0.25, 0.3) is 11.5 Å². The molecule has 1 aliphatic rings. The number of aliphatic hydroxyl groups excluding tert-OH is 1. The monoisotopic (exact) mass is 298 g/mol. The highest BCUT2D eigenvalue weighted by molar-refractivity contribution is 7.98. The van der Waals surface area contributed by atoms with E-state index in [0.29, 0.717) is 30.7 Å². The first kappa shape index (κ1) is 13.1. The number of ether oxygens (including phenoxy) is 1. The average Bonchev–Trinajstić information content (AvgIpc) is 3.02. The topological polar surface area (TPSA) is 68.4 Å². The van der Waals surface area contributed by atoms with Crippen molar-refractivity contribution >= 4 is 23.1 Å². The third-order valence-corrected chi connectivity index (χ3v) is 4.99. The zero-order valence-corrected chi connectivity index (χ0v) is 11.9. The van der Waals surface area contributed by atoms with E-state index in [9.17, 15) is 5.11 Å². The van der Waals surface area contributed by atoms with Crippen LogP contribution in [0.3, 0.4) is 0 Å². The van der Waals surface area contributed by atoms with Crippen LogP contribution in [-0.4, -0.2) is 40.8 Å². The maximum absolute atomic E-state index is 9.32. The maximum Gasteiger partial charge on any atom is 0.258 e. The van der Waals surface area contributed by atoms with Crippen LogP contribution in [0.2, 0.25) is 0 Å². The van der Waals surface area contributed by atoms with E-state index in [1.807, 2.05) is 16.8 Å². The molecule has 5 nitrogen and oxygen atoms in total. The van der Waals surface area contributed by atoms with Crippen molar-refractivity contribution in [2.75, 3.05) is 25.6 Å². The fraction of sp³-hybridized carbons (Fsp3) is 0.500. The minimum Gasteiger partial charge on any atom is -0.396 e. The molecule has 1 aliphatic heterocycles. The Balaban J connectivity index is 1.53. The number of thiophene rings is 1. The Morgan fingerprint density at radius 3 is 3.00 bits per heavy atom. The maximum atomic E-state index is 9.32. The molecule has 2 aromatic heterocycles. The van der Waals surface area contributed by atoms with E-state index in [4.69, 9.17) is 9.26 Å². The van der Waals surface area contributed by atoms with Crippen LogP contribution in [-0.2, 0) is 10.5 Å². The summed E-state index contributed by atoms with van der Waals surface area (Å²) in [4.78, 5) is 4.36. The summed E-state index contributed by atoms with van der Waals surface area (Å²) in [5.74, 6) is 2.81. The van der Waals surface area contributed by atoms with Crippen LogP contribution in [0.15, 0.2) is 21.3 Å². The summed E-state index contributed by atoms with van der Waals surface area (Å²) in [6, 6.07) is 1.96. The lowest BCUT2D eigenvalue weighted by molar-refractivity contribution is -0.121. The third kappa shape index (κ3) is 2.84. The molecule has 3 heterocycles. The van der Waals surface area contributed by atoms with E-state index < -0.39 is 0 Å². The van der Waals surface area contributed by atoms with Crippen LogP contribution in [0, 0.1) is 5.41 Å². The molecule has 3 rings (SSSR count). The Bertz CT molecular complexity index is 517. The SMILES string of the molecule is OCC1(CSCc2noc(-c3ccsc3)n2)COC1. The van der Waals surface area contributed by atoms with E-state index in [0.717, 1.165) is 11.3 Å². The predicted octanol–water partition coefficient (Wildman–Crippen LogP) is 2.04. The third-order valence-electron chi connectivity index (χ3n) is 3.03. The number of rotatable bonds is 6. The molecule has 0 radical (unpaired) electrons. The van der Waals surface area contributed by atoms with Gasteiger partial charge in [-0.1, -0.05) is 5.16 Å². The molecule has 1 saturated heterocycles. The van der Waals surface area contributed by atoms with Crippen LogP contribution in [0.4, 0.5) is 0 Å². The van der Waals surface area contributed by atoms with Crippen LogP contribution in [0.5, 0.6) is 0 Å². The lowest BCUT2D eigenvalue weighted by Crippen LogP contribution is -2.47. The second kappa shape index (κ2) is 5.62. The lowest BCUT2D eigenvalue weighted by Gasteiger charge is -2.39. The van der Waals surface area contributed by atoms with Gasteiger partial charge in [0.05, 0.1) is 31.1 Å². The zero-order valence-electron chi connectivity index (χ0n) is 10.2. The molecular formula is C12H14N2O3S2. The van der Waals surface area contributed by atoms with Gasteiger partial charge >= 0.3 is 0 Å². The molecule has 1 N–H and O–H groups in total. The van der Waals surface area contributed by atoms with E-state index in [1.165, 1.54) is 0 Å². The number of hydrogen-bond acceptors (Lipinski definition) is 7. The Morgan fingerprint density at radius 1 is 1.47 bits per heavy atom. The summed E-state index contributed by atoms with van der Waals surface area (Å²) in [5, 5.41) is 17.3. The molecule has 2 aromatic rings. The molecule has 0 bridgehead atoms. The van der Waals surface area contributed by atoms with Gasteiger partial charge in [-0.25, -0.2) is 0 Å². The molecule has 0 spiro atoms. The van der Waals surface area contributed by atoms with Crippen molar-refractivity contribution in [2.45, 2.75) is 5.75 Å². The van der Waals surface area contributed by atoms with E-state index in [-0.39, 0.29) is 12.0 Å². The van der Waals surface area contributed by atoms with Crippen molar-refractivity contribution < 1.29 is 14.4 Å². The number of aliphatic hydroxyl groups is 1. The molecule has 0 aliphatic carbocycles. The number of aromatic nitrogens is 2. The molecular weight excluding hydrogens is 284 g/mol. The smallest absolute Gasteiger partial charge is 0.258 e. The predicted molar refractivity (Wildman–Crippen MR) is 74.1 cm³/mol. The first-order valence-corrected chi connectivity index (χ1v) is 8.03. The first-order chi connectivity index (χ1) is 9.31. The van der Waals surface area contributed by atoms with Crippen molar-refractivity contribution in [3.8, 4) is 11.5 Å². The minimum atomic E-state index is -0.0649. The second-order valence-corrected chi connectivity index (χ2v) is 6.44. The van der Waals surface area contributed by atoms with Crippen LogP contribution >= 0.6 is 23.1 Å². The van der Waals surface area contributed by atoms with Gasteiger partial charge in [-0.3, -0.25) is 0 Å². The van der Waals surface area contributed by atoms with Crippen LogP contribution < -0.4 is 0 Å². The molecule has 7 heteroatoms. The Hall–Kier alpha value is -0.890. The van der Waals surface area contributed by atoms with E-state index >= 15 is 0 Å². The summed E-state index contributed by atoms with van der Waals surface area (Å²) in [5.41, 5.74) is 0.901. The molecule has 0 atom stereocenters. The van der Waals surface area contributed by atoms with Gasteiger partial charge in [0.15, 0.2) is 5.82 Å².